The molecule has 2 fully saturated rings. The first-order valence-electron chi connectivity index (χ1n) is 8.87. The largest absolute Gasteiger partial charge is 0.379 e. The molecule has 3 unspecified atom stereocenters. The molecule has 5 heteroatoms. The van der Waals surface area contributed by atoms with Crippen LogP contribution >= 0.6 is 12.4 Å². The van der Waals surface area contributed by atoms with Gasteiger partial charge in [-0.05, 0) is 36.5 Å². The molecule has 0 aromatic heterocycles. The van der Waals surface area contributed by atoms with E-state index in [4.69, 9.17) is 4.74 Å². The fraction of sp³-hybridized carbons (Fsp3) is 0.684. The summed E-state index contributed by atoms with van der Waals surface area (Å²) in [5.41, 5.74) is 1.18. The molecule has 0 amide bonds. The summed E-state index contributed by atoms with van der Waals surface area (Å²) in [5, 5.41) is 7.41. The molecule has 1 heterocycles. The van der Waals surface area contributed by atoms with Gasteiger partial charge >= 0.3 is 0 Å². The van der Waals surface area contributed by atoms with Gasteiger partial charge in [0.1, 0.15) is 5.82 Å². The molecule has 0 radical (unpaired) electrons. The fourth-order valence-corrected chi connectivity index (χ4v) is 3.97. The van der Waals surface area contributed by atoms with Crippen molar-refractivity contribution in [1.29, 1.82) is 0 Å². The van der Waals surface area contributed by atoms with Crippen LogP contribution in [0.3, 0.4) is 0 Å². The van der Waals surface area contributed by atoms with Gasteiger partial charge in [0, 0.05) is 30.6 Å². The predicted octanol–water partition coefficient (Wildman–Crippen LogP) is 3.27. The maximum absolute atomic E-state index is 13.1. The quantitative estimate of drug-likeness (QED) is 0.849. The van der Waals surface area contributed by atoms with Gasteiger partial charge in [0.15, 0.2) is 0 Å². The first-order valence-corrected chi connectivity index (χ1v) is 8.87. The Morgan fingerprint density at radius 1 is 1.25 bits per heavy atom. The zero-order valence-electron chi connectivity index (χ0n) is 14.7. The summed E-state index contributed by atoms with van der Waals surface area (Å²) >= 11 is 0. The summed E-state index contributed by atoms with van der Waals surface area (Å²) in [6.07, 6.45) is 3.80. The summed E-state index contributed by atoms with van der Waals surface area (Å²) in [4.78, 5) is 0. The fourth-order valence-electron chi connectivity index (χ4n) is 3.97. The number of halogens is 2. The number of rotatable bonds is 5. The number of hydrogen-bond acceptors (Lipinski definition) is 3. The van der Waals surface area contributed by atoms with E-state index in [0.29, 0.717) is 18.0 Å². The molecule has 0 bridgehead atoms. The lowest BCUT2D eigenvalue weighted by atomic mass is 9.84. The molecule has 1 aliphatic heterocycles. The Kier molecular flexibility index (Phi) is 7.05. The van der Waals surface area contributed by atoms with Gasteiger partial charge in [0.25, 0.3) is 0 Å². The van der Waals surface area contributed by atoms with Crippen molar-refractivity contribution in [2.24, 2.45) is 5.92 Å². The van der Waals surface area contributed by atoms with Crippen molar-refractivity contribution in [3.63, 3.8) is 0 Å². The van der Waals surface area contributed by atoms with E-state index in [9.17, 15) is 4.39 Å². The van der Waals surface area contributed by atoms with E-state index in [2.05, 4.69) is 24.5 Å². The SMILES string of the molecule is CC(C)(CNC1CCCC1C1COCCN1)c1ccc(F)cc1.Cl. The average Bonchev–Trinajstić information content (AvgIpc) is 3.03. The highest BCUT2D eigenvalue weighted by molar-refractivity contribution is 5.85. The summed E-state index contributed by atoms with van der Waals surface area (Å²) in [6.45, 7) is 7.99. The second-order valence-electron chi connectivity index (χ2n) is 7.61. The van der Waals surface area contributed by atoms with Gasteiger partial charge in [-0.25, -0.2) is 4.39 Å². The molecule has 2 aliphatic rings. The molecule has 1 aliphatic carbocycles. The first kappa shape index (κ1) is 19.6. The van der Waals surface area contributed by atoms with Gasteiger partial charge < -0.3 is 15.4 Å². The van der Waals surface area contributed by atoms with Crippen LogP contribution in [0.15, 0.2) is 24.3 Å². The van der Waals surface area contributed by atoms with Gasteiger partial charge in [-0.15, -0.1) is 12.4 Å². The topological polar surface area (TPSA) is 33.3 Å². The summed E-state index contributed by atoms with van der Waals surface area (Å²) in [6, 6.07) is 7.95. The third kappa shape index (κ3) is 4.69. The molecule has 2 N–H and O–H groups in total. The monoisotopic (exact) mass is 356 g/mol. The maximum Gasteiger partial charge on any atom is 0.123 e. The normalized spacial score (nSPS) is 27.7. The van der Waals surface area contributed by atoms with E-state index in [1.54, 1.807) is 12.1 Å². The molecule has 1 saturated heterocycles. The second kappa shape index (κ2) is 8.61. The molecule has 3 atom stereocenters. The number of morpholine rings is 1. The van der Waals surface area contributed by atoms with Crippen molar-refractivity contribution in [2.75, 3.05) is 26.3 Å². The third-order valence-electron chi connectivity index (χ3n) is 5.47. The molecule has 0 spiro atoms. The Labute approximate surface area is 151 Å². The van der Waals surface area contributed by atoms with Gasteiger partial charge in [-0.3, -0.25) is 0 Å². The van der Waals surface area contributed by atoms with E-state index in [-0.39, 0.29) is 23.6 Å². The van der Waals surface area contributed by atoms with Crippen LogP contribution in [0.2, 0.25) is 0 Å². The third-order valence-corrected chi connectivity index (χ3v) is 5.47. The minimum atomic E-state index is -0.170. The first-order chi connectivity index (χ1) is 11.1. The van der Waals surface area contributed by atoms with E-state index in [1.165, 1.54) is 24.8 Å². The molecule has 1 saturated carbocycles. The van der Waals surface area contributed by atoms with E-state index >= 15 is 0 Å². The molecule has 136 valence electrons. The molecule has 3 rings (SSSR count). The van der Waals surface area contributed by atoms with E-state index in [0.717, 1.165) is 26.3 Å². The minimum Gasteiger partial charge on any atom is -0.379 e. The van der Waals surface area contributed by atoms with Gasteiger partial charge in [0.2, 0.25) is 0 Å². The van der Waals surface area contributed by atoms with Crippen LogP contribution in [0.25, 0.3) is 0 Å². The highest BCUT2D eigenvalue weighted by atomic mass is 35.5. The number of benzene rings is 1. The molecular formula is C19H30ClFN2O. The van der Waals surface area contributed by atoms with Crippen LogP contribution in [-0.4, -0.2) is 38.4 Å². The lowest BCUT2D eigenvalue weighted by molar-refractivity contribution is 0.0522. The average molecular weight is 357 g/mol. The zero-order valence-corrected chi connectivity index (χ0v) is 15.5. The molecular weight excluding hydrogens is 327 g/mol. The number of nitrogens with one attached hydrogen (secondary N) is 2. The minimum absolute atomic E-state index is 0. The van der Waals surface area contributed by atoms with Crippen molar-refractivity contribution >= 4 is 12.4 Å². The van der Waals surface area contributed by atoms with Crippen LogP contribution < -0.4 is 10.6 Å². The Hall–Kier alpha value is -0.680. The van der Waals surface area contributed by atoms with Crippen LogP contribution in [0, 0.1) is 11.7 Å². The summed E-state index contributed by atoms with van der Waals surface area (Å²) < 4.78 is 18.8. The summed E-state index contributed by atoms with van der Waals surface area (Å²) in [5.74, 6) is 0.482. The Morgan fingerprint density at radius 2 is 2.00 bits per heavy atom. The molecule has 1 aromatic carbocycles. The van der Waals surface area contributed by atoms with Crippen molar-refractivity contribution in [3.05, 3.63) is 35.6 Å². The van der Waals surface area contributed by atoms with Crippen molar-refractivity contribution in [2.45, 2.75) is 50.6 Å². The van der Waals surface area contributed by atoms with Crippen LogP contribution in [0.1, 0.15) is 38.7 Å². The highest BCUT2D eigenvalue weighted by Crippen LogP contribution is 2.31. The van der Waals surface area contributed by atoms with Crippen LogP contribution in [-0.2, 0) is 10.2 Å². The lowest BCUT2D eigenvalue weighted by Gasteiger charge is -2.35. The smallest absolute Gasteiger partial charge is 0.123 e. The van der Waals surface area contributed by atoms with Crippen LogP contribution in [0.4, 0.5) is 4.39 Å². The van der Waals surface area contributed by atoms with Crippen molar-refractivity contribution in [1.82, 2.24) is 10.6 Å². The second-order valence-corrected chi connectivity index (χ2v) is 7.61. The van der Waals surface area contributed by atoms with Crippen molar-refractivity contribution in [3.8, 4) is 0 Å². The van der Waals surface area contributed by atoms with Crippen molar-refractivity contribution < 1.29 is 9.13 Å². The molecule has 24 heavy (non-hydrogen) atoms. The van der Waals surface area contributed by atoms with E-state index < -0.39 is 0 Å². The van der Waals surface area contributed by atoms with E-state index in [1.807, 2.05) is 12.1 Å². The zero-order chi connectivity index (χ0) is 16.3. The maximum atomic E-state index is 13.1. The standard InChI is InChI=1S/C19H29FN2O.ClH/c1-19(2,14-6-8-15(20)9-7-14)13-22-17-5-3-4-16(17)18-12-23-11-10-21-18;/h6-9,16-18,21-22H,3-5,10-13H2,1-2H3;1H. The highest BCUT2D eigenvalue weighted by Gasteiger charge is 2.35. The Bertz CT molecular complexity index is 503. The predicted molar refractivity (Wildman–Crippen MR) is 98.4 cm³/mol. The Morgan fingerprint density at radius 3 is 2.67 bits per heavy atom. The van der Waals surface area contributed by atoms with Gasteiger partial charge in [-0.1, -0.05) is 32.4 Å². The van der Waals surface area contributed by atoms with Gasteiger partial charge in [-0.2, -0.15) is 0 Å². The summed E-state index contributed by atoms with van der Waals surface area (Å²) in [7, 11) is 0. The molecule has 1 aromatic rings. The molecule has 3 nitrogen and oxygen atoms in total. The Balaban J connectivity index is 0.00000208. The number of ether oxygens (including phenoxy) is 1. The van der Waals surface area contributed by atoms with Gasteiger partial charge in [0.05, 0.1) is 13.2 Å². The number of hydrogen-bond donors (Lipinski definition) is 2. The lowest BCUT2D eigenvalue weighted by Crippen LogP contribution is -2.52. The van der Waals surface area contributed by atoms with Crippen LogP contribution in [0.5, 0.6) is 0 Å².